The van der Waals surface area contributed by atoms with Crippen molar-refractivity contribution in [3.8, 4) is 11.5 Å². The first kappa shape index (κ1) is 16.0. The van der Waals surface area contributed by atoms with Crippen molar-refractivity contribution in [1.29, 1.82) is 0 Å². The maximum atomic E-state index is 12.0. The predicted octanol–water partition coefficient (Wildman–Crippen LogP) is 3.01. The molecule has 0 spiro atoms. The topological polar surface area (TPSA) is 87.4 Å². The van der Waals surface area contributed by atoms with E-state index >= 15 is 0 Å². The number of aliphatic hydroxyl groups excluding tert-OH is 1. The zero-order valence-corrected chi connectivity index (χ0v) is 12.8. The van der Waals surface area contributed by atoms with Crippen LogP contribution in [0.3, 0.4) is 0 Å². The molecule has 1 aromatic carbocycles. The lowest BCUT2D eigenvalue weighted by Gasteiger charge is -2.28. The van der Waals surface area contributed by atoms with E-state index in [2.05, 4.69) is 15.6 Å². The second-order valence-corrected chi connectivity index (χ2v) is 5.46. The normalized spacial score (nSPS) is 13.4. The number of amides is 2. The third kappa shape index (κ3) is 4.08. The summed E-state index contributed by atoms with van der Waals surface area (Å²) in [6.07, 6.45) is 4.68. The Morgan fingerprint density at radius 1 is 1.36 bits per heavy atom. The number of hydrogen-bond donors (Lipinski definition) is 3. The molecule has 0 saturated heterocycles. The van der Waals surface area contributed by atoms with E-state index in [1.807, 2.05) is 26.0 Å². The maximum Gasteiger partial charge on any atom is 0.319 e. The molecule has 1 heterocycles. The quantitative estimate of drug-likeness (QED) is 0.765. The fourth-order valence-corrected chi connectivity index (χ4v) is 2.23. The molecule has 2 aromatic rings. The molecule has 3 N–H and O–H groups in total. The van der Waals surface area contributed by atoms with Crippen molar-refractivity contribution in [3.63, 3.8) is 0 Å². The van der Waals surface area contributed by atoms with Crippen molar-refractivity contribution in [1.82, 2.24) is 10.3 Å². The lowest BCUT2D eigenvalue weighted by Crippen LogP contribution is -2.50. The molecule has 1 atom stereocenters. The summed E-state index contributed by atoms with van der Waals surface area (Å²) in [7, 11) is 0. The summed E-state index contributed by atoms with van der Waals surface area (Å²) >= 11 is 0. The van der Waals surface area contributed by atoms with Gasteiger partial charge in [0.05, 0.1) is 18.3 Å². The van der Waals surface area contributed by atoms with Gasteiger partial charge in [0.1, 0.15) is 6.26 Å². The summed E-state index contributed by atoms with van der Waals surface area (Å²) in [6.45, 7) is 3.73. The van der Waals surface area contributed by atoms with Gasteiger partial charge in [-0.3, -0.25) is 0 Å². The maximum absolute atomic E-state index is 12.0. The standard InChI is InChI=1S/C16H21N3O3/c1-3-8-16(2,11-20)19-15(21)18-13-6-4-12(5-7-13)14-17-9-10-22-14/h4-7,9-10,20H,3,8,11H2,1-2H3,(H2,18,19,21). The van der Waals surface area contributed by atoms with Crippen molar-refractivity contribution < 1.29 is 14.3 Å². The number of carbonyl (C=O) groups is 1. The highest BCUT2D eigenvalue weighted by molar-refractivity contribution is 5.90. The van der Waals surface area contributed by atoms with E-state index in [0.29, 0.717) is 18.0 Å². The smallest absolute Gasteiger partial charge is 0.319 e. The molecule has 0 aliphatic rings. The average Bonchev–Trinajstić information content (AvgIpc) is 3.02. The van der Waals surface area contributed by atoms with Crippen molar-refractivity contribution >= 4 is 11.7 Å². The highest BCUT2D eigenvalue weighted by Crippen LogP contribution is 2.19. The van der Waals surface area contributed by atoms with Gasteiger partial charge in [-0.25, -0.2) is 9.78 Å². The number of aromatic nitrogens is 1. The van der Waals surface area contributed by atoms with Gasteiger partial charge in [0.2, 0.25) is 5.89 Å². The first-order valence-electron chi connectivity index (χ1n) is 7.26. The Bertz CT molecular complexity index is 596. The highest BCUT2D eigenvalue weighted by Gasteiger charge is 2.24. The second-order valence-electron chi connectivity index (χ2n) is 5.46. The van der Waals surface area contributed by atoms with Gasteiger partial charge in [0, 0.05) is 11.3 Å². The Kier molecular flexibility index (Phi) is 5.16. The Morgan fingerprint density at radius 3 is 2.64 bits per heavy atom. The number of anilines is 1. The van der Waals surface area contributed by atoms with Crippen LogP contribution in [0.1, 0.15) is 26.7 Å². The lowest BCUT2D eigenvalue weighted by atomic mass is 9.98. The van der Waals surface area contributed by atoms with Crippen LogP contribution in [0.25, 0.3) is 11.5 Å². The van der Waals surface area contributed by atoms with Gasteiger partial charge >= 0.3 is 6.03 Å². The van der Waals surface area contributed by atoms with Crippen LogP contribution in [0.5, 0.6) is 0 Å². The first-order valence-corrected chi connectivity index (χ1v) is 7.26. The third-order valence-electron chi connectivity index (χ3n) is 3.39. The molecular weight excluding hydrogens is 282 g/mol. The van der Waals surface area contributed by atoms with Gasteiger partial charge in [-0.15, -0.1) is 0 Å². The number of aliphatic hydroxyl groups is 1. The van der Waals surface area contributed by atoms with Crippen LogP contribution in [-0.4, -0.2) is 28.3 Å². The second kappa shape index (κ2) is 7.09. The average molecular weight is 303 g/mol. The molecule has 1 unspecified atom stereocenters. The van der Waals surface area contributed by atoms with E-state index < -0.39 is 5.54 Å². The summed E-state index contributed by atoms with van der Waals surface area (Å²) in [5.41, 5.74) is 0.878. The molecule has 0 bridgehead atoms. The van der Waals surface area contributed by atoms with E-state index in [1.54, 1.807) is 18.3 Å². The van der Waals surface area contributed by atoms with Gasteiger partial charge in [0.25, 0.3) is 0 Å². The van der Waals surface area contributed by atoms with Gasteiger partial charge in [-0.2, -0.15) is 0 Å². The van der Waals surface area contributed by atoms with E-state index in [0.717, 1.165) is 12.0 Å². The monoisotopic (exact) mass is 303 g/mol. The number of hydrogen-bond acceptors (Lipinski definition) is 4. The molecule has 1 aromatic heterocycles. The van der Waals surface area contributed by atoms with E-state index in [-0.39, 0.29) is 12.6 Å². The Hall–Kier alpha value is -2.34. The fourth-order valence-electron chi connectivity index (χ4n) is 2.23. The van der Waals surface area contributed by atoms with Crippen LogP contribution in [0, 0.1) is 0 Å². The summed E-state index contributed by atoms with van der Waals surface area (Å²) in [5.74, 6) is 0.534. The minimum atomic E-state index is -0.614. The Balaban J connectivity index is 1.97. The molecule has 0 radical (unpaired) electrons. The minimum Gasteiger partial charge on any atom is -0.445 e. The predicted molar refractivity (Wildman–Crippen MR) is 84.5 cm³/mol. The van der Waals surface area contributed by atoms with E-state index in [4.69, 9.17) is 4.42 Å². The molecule has 0 aliphatic heterocycles. The number of carbonyl (C=O) groups excluding carboxylic acids is 1. The summed E-state index contributed by atoms with van der Waals surface area (Å²) in [5, 5.41) is 15.0. The van der Waals surface area contributed by atoms with Gasteiger partial charge in [-0.1, -0.05) is 13.3 Å². The number of urea groups is 1. The van der Waals surface area contributed by atoms with Gasteiger partial charge in [0.15, 0.2) is 0 Å². The molecule has 2 rings (SSSR count). The summed E-state index contributed by atoms with van der Waals surface area (Å²) in [4.78, 5) is 16.1. The minimum absolute atomic E-state index is 0.0998. The van der Waals surface area contributed by atoms with Crippen molar-refractivity contribution in [2.24, 2.45) is 0 Å². The van der Waals surface area contributed by atoms with Crippen molar-refractivity contribution in [2.45, 2.75) is 32.2 Å². The highest BCUT2D eigenvalue weighted by atomic mass is 16.3. The number of nitrogens with zero attached hydrogens (tertiary/aromatic N) is 1. The number of benzene rings is 1. The van der Waals surface area contributed by atoms with E-state index in [1.165, 1.54) is 6.26 Å². The molecule has 2 amide bonds. The zero-order valence-electron chi connectivity index (χ0n) is 12.8. The molecule has 22 heavy (non-hydrogen) atoms. The SMILES string of the molecule is CCCC(C)(CO)NC(=O)Nc1ccc(-c2ncco2)cc1. The Morgan fingerprint density at radius 2 is 2.09 bits per heavy atom. The number of oxazole rings is 1. The molecular formula is C16H21N3O3. The third-order valence-corrected chi connectivity index (χ3v) is 3.39. The molecule has 0 aliphatic carbocycles. The molecule has 0 saturated carbocycles. The van der Waals surface area contributed by atoms with Crippen LogP contribution in [0.2, 0.25) is 0 Å². The van der Waals surface area contributed by atoms with Gasteiger partial charge in [-0.05, 0) is 37.6 Å². The Labute approximate surface area is 129 Å². The molecule has 118 valence electrons. The van der Waals surface area contributed by atoms with Crippen LogP contribution < -0.4 is 10.6 Å². The van der Waals surface area contributed by atoms with Crippen LogP contribution in [0.4, 0.5) is 10.5 Å². The van der Waals surface area contributed by atoms with Crippen molar-refractivity contribution in [3.05, 3.63) is 36.7 Å². The largest absolute Gasteiger partial charge is 0.445 e. The number of nitrogens with one attached hydrogen (secondary N) is 2. The molecule has 6 nitrogen and oxygen atoms in total. The van der Waals surface area contributed by atoms with Gasteiger partial charge < -0.3 is 20.2 Å². The van der Waals surface area contributed by atoms with E-state index in [9.17, 15) is 9.90 Å². The zero-order chi connectivity index (χ0) is 16.0. The molecule has 6 heteroatoms. The van der Waals surface area contributed by atoms with Crippen LogP contribution in [0.15, 0.2) is 41.1 Å². The van der Waals surface area contributed by atoms with Crippen LogP contribution >= 0.6 is 0 Å². The first-order chi connectivity index (χ1) is 10.6. The van der Waals surface area contributed by atoms with Crippen molar-refractivity contribution in [2.75, 3.05) is 11.9 Å². The lowest BCUT2D eigenvalue weighted by molar-refractivity contribution is 0.167. The van der Waals surface area contributed by atoms with Crippen LogP contribution in [-0.2, 0) is 0 Å². The number of rotatable bonds is 6. The molecule has 0 fully saturated rings. The summed E-state index contributed by atoms with van der Waals surface area (Å²) < 4.78 is 5.21. The summed E-state index contributed by atoms with van der Waals surface area (Å²) in [6, 6.07) is 6.84. The fraction of sp³-hybridized carbons (Fsp3) is 0.375.